The third kappa shape index (κ3) is 3.95. The minimum absolute atomic E-state index is 0.437. The first-order valence-corrected chi connectivity index (χ1v) is 6.22. The van der Waals surface area contributed by atoms with E-state index in [2.05, 4.69) is 13.8 Å². The van der Waals surface area contributed by atoms with Crippen molar-refractivity contribution >= 4 is 12.0 Å². The SMILES string of the molecule is CCOc1cc(C=O)cc(N)c1OCCC(C)C. The molecule has 0 aliphatic heterocycles. The van der Waals surface area contributed by atoms with Crippen molar-refractivity contribution in [3.05, 3.63) is 17.7 Å². The Hall–Kier alpha value is -1.71. The van der Waals surface area contributed by atoms with Gasteiger partial charge in [0.15, 0.2) is 11.5 Å². The summed E-state index contributed by atoms with van der Waals surface area (Å²) in [7, 11) is 0. The summed E-state index contributed by atoms with van der Waals surface area (Å²) in [5.41, 5.74) is 6.81. The summed E-state index contributed by atoms with van der Waals surface area (Å²) in [5.74, 6) is 1.63. The zero-order valence-electron chi connectivity index (χ0n) is 11.2. The van der Waals surface area contributed by atoms with Crippen LogP contribution in [0.15, 0.2) is 12.1 Å². The number of hydrogen-bond donors (Lipinski definition) is 1. The predicted molar refractivity (Wildman–Crippen MR) is 72.4 cm³/mol. The summed E-state index contributed by atoms with van der Waals surface area (Å²) in [6.07, 6.45) is 1.69. The third-order valence-corrected chi connectivity index (χ3v) is 2.48. The van der Waals surface area contributed by atoms with Gasteiger partial charge in [-0.2, -0.15) is 0 Å². The second kappa shape index (κ2) is 6.89. The number of rotatable bonds is 7. The number of carbonyl (C=O) groups is 1. The minimum Gasteiger partial charge on any atom is -0.490 e. The highest BCUT2D eigenvalue weighted by molar-refractivity contribution is 5.80. The van der Waals surface area contributed by atoms with Crippen LogP contribution in [-0.2, 0) is 0 Å². The van der Waals surface area contributed by atoms with E-state index in [-0.39, 0.29) is 0 Å². The lowest BCUT2D eigenvalue weighted by Crippen LogP contribution is -2.06. The molecule has 4 nitrogen and oxygen atoms in total. The Kier molecular flexibility index (Phi) is 5.49. The number of aldehydes is 1. The molecule has 0 amide bonds. The van der Waals surface area contributed by atoms with Gasteiger partial charge in [-0.25, -0.2) is 0 Å². The van der Waals surface area contributed by atoms with Crippen molar-refractivity contribution in [1.29, 1.82) is 0 Å². The van der Waals surface area contributed by atoms with Gasteiger partial charge < -0.3 is 15.2 Å². The van der Waals surface area contributed by atoms with Gasteiger partial charge >= 0.3 is 0 Å². The average Bonchev–Trinajstić information content (AvgIpc) is 2.32. The molecule has 0 fully saturated rings. The Morgan fingerprint density at radius 1 is 1.33 bits per heavy atom. The van der Waals surface area contributed by atoms with Gasteiger partial charge in [0.05, 0.1) is 18.9 Å². The standard InChI is InChI=1S/C14H21NO3/c1-4-17-13-8-11(9-16)7-12(15)14(13)18-6-5-10(2)3/h7-10H,4-6,15H2,1-3H3. The molecular formula is C14H21NO3. The maximum Gasteiger partial charge on any atom is 0.184 e. The normalized spacial score (nSPS) is 10.4. The molecule has 18 heavy (non-hydrogen) atoms. The van der Waals surface area contributed by atoms with Crippen LogP contribution in [0, 0.1) is 5.92 Å². The minimum atomic E-state index is 0.437. The number of carbonyl (C=O) groups excluding carboxylic acids is 1. The van der Waals surface area contributed by atoms with Crippen LogP contribution in [0.25, 0.3) is 0 Å². The van der Waals surface area contributed by atoms with Crippen LogP contribution >= 0.6 is 0 Å². The number of hydrogen-bond acceptors (Lipinski definition) is 4. The first-order valence-electron chi connectivity index (χ1n) is 6.22. The molecule has 0 aliphatic rings. The van der Waals surface area contributed by atoms with E-state index in [9.17, 15) is 4.79 Å². The molecular weight excluding hydrogens is 230 g/mol. The smallest absolute Gasteiger partial charge is 0.184 e. The van der Waals surface area contributed by atoms with Gasteiger partial charge in [0, 0.05) is 5.56 Å². The summed E-state index contributed by atoms with van der Waals surface area (Å²) in [4.78, 5) is 10.8. The second-order valence-electron chi connectivity index (χ2n) is 4.52. The molecule has 100 valence electrons. The summed E-state index contributed by atoms with van der Waals surface area (Å²) < 4.78 is 11.1. The molecule has 1 aromatic carbocycles. The Labute approximate surface area is 108 Å². The molecule has 0 atom stereocenters. The molecule has 4 heteroatoms. The number of nitrogens with two attached hydrogens (primary N) is 1. The molecule has 0 bridgehead atoms. The molecule has 0 spiro atoms. The Morgan fingerprint density at radius 2 is 2.06 bits per heavy atom. The zero-order valence-corrected chi connectivity index (χ0v) is 11.2. The number of ether oxygens (including phenoxy) is 2. The van der Waals surface area contributed by atoms with E-state index in [1.165, 1.54) is 0 Å². The summed E-state index contributed by atoms with van der Waals surface area (Å²) in [5, 5.41) is 0. The lowest BCUT2D eigenvalue weighted by Gasteiger charge is -2.15. The van der Waals surface area contributed by atoms with E-state index < -0.39 is 0 Å². The van der Waals surface area contributed by atoms with E-state index in [0.29, 0.717) is 41.9 Å². The monoisotopic (exact) mass is 251 g/mol. The van der Waals surface area contributed by atoms with E-state index in [4.69, 9.17) is 15.2 Å². The van der Waals surface area contributed by atoms with E-state index in [0.717, 1.165) is 12.7 Å². The van der Waals surface area contributed by atoms with Gasteiger partial charge in [-0.3, -0.25) is 4.79 Å². The van der Waals surface area contributed by atoms with Crippen molar-refractivity contribution < 1.29 is 14.3 Å². The third-order valence-electron chi connectivity index (χ3n) is 2.48. The lowest BCUT2D eigenvalue weighted by molar-refractivity contribution is 0.112. The van der Waals surface area contributed by atoms with Crippen LogP contribution in [0.5, 0.6) is 11.5 Å². The molecule has 1 rings (SSSR count). The molecule has 2 N–H and O–H groups in total. The van der Waals surface area contributed by atoms with Crippen molar-refractivity contribution in [2.24, 2.45) is 5.92 Å². The zero-order chi connectivity index (χ0) is 13.5. The summed E-state index contributed by atoms with van der Waals surface area (Å²) >= 11 is 0. The van der Waals surface area contributed by atoms with Crippen LogP contribution in [-0.4, -0.2) is 19.5 Å². The first-order chi connectivity index (χ1) is 8.58. The fourth-order valence-corrected chi connectivity index (χ4v) is 1.53. The highest BCUT2D eigenvalue weighted by Crippen LogP contribution is 2.35. The largest absolute Gasteiger partial charge is 0.490 e. The Morgan fingerprint density at radius 3 is 2.61 bits per heavy atom. The number of anilines is 1. The summed E-state index contributed by atoms with van der Waals surface area (Å²) in [6, 6.07) is 3.25. The van der Waals surface area contributed by atoms with Crippen LogP contribution in [0.3, 0.4) is 0 Å². The van der Waals surface area contributed by atoms with Crippen molar-refractivity contribution in [2.45, 2.75) is 27.2 Å². The molecule has 0 saturated carbocycles. The highest BCUT2D eigenvalue weighted by Gasteiger charge is 2.11. The van der Waals surface area contributed by atoms with E-state index in [1.807, 2.05) is 6.92 Å². The topological polar surface area (TPSA) is 61.5 Å². The van der Waals surface area contributed by atoms with Gasteiger partial charge in [-0.05, 0) is 31.4 Å². The van der Waals surface area contributed by atoms with Crippen LogP contribution in [0.4, 0.5) is 5.69 Å². The van der Waals surface area contributed by atoms with E-state index >= 15 is 0 Å². The average molecular weight is 251 g/mol. The van der Waals surface area contributed by atoms with Gasteiger partial charge in [0.1, 0.15) is 6.29 Å². The number of nitrogen functional groups attached to an aromatic ring is 1. The maximum atomic E-state index is 10.8. The first kappa shape index (κ1) is 14.4. The van der Waals surface area contributed by atoms with Crippen LogP contribution in [0.1, 0.15) is 37.6 Å². The molecule has 0 unspecified atom stereocenters. The van der Waals surface area contributed by atoms with Gasteiger partial charge in [0.25, 0.3) is 0 Å². The van der Waals surface area contributed by atoms with Crippen LogP contribution in [0.2, 0.25) is 0 Å². The molecule has 0 saturated heterocycles. The Bertz CT molecular complexity index is 402. The van der Waals surface area contributed by atoms with Crippen molar-refractivity contribution in [3.63, 3.8) is 0 Å². The van der Waals surface area contributed by atoms with Gasteiger partial charge in [0.2, 0.25) is 0 Å². The summed E-state index contributed by atoms with van der Waals surface area (Å²) in [6.45, 7) is 7.23. The second-order valence-corrected chi connectivity index (χ2v) is 4.52. The van der Waals surface area contributed by atoms with Crippen molar-refractivity contribution in [2.75, 3.05) is 18.9 Å². The van der Waals surface area contributed by atoms with Gasteiger partial charge in [-0.15, -0.1) is 0 Å². The predicted octanol–water partition coefficient (Wildman–Crippen LogP) is 2.90. The lowest BCUT2D eigenvalue weighted by atomic mass is 10.1. The van der Waals surface area contributed by atoms with Crippen molar-refractivity contribution in [3.8, 4) is 11.5 Å². The highest BCUT2D eigenvalue weighted by atomic mass is 16.5. The molecule has 0 aromatic heterocycles. The number of benzene rings is 1. The Balaban J connectivity index is 2.89. The maximum absolute atomic E-state index is 10.8. The van der Waals surface area contributed by atoms with Crippen molar-refractivity contribution in [1.82, 2.24) is 0 Å². The molecule has 1 aromatic rings. The molecule has 0 aliphatic carbocycles. The fraction of sp³-hybridized carbons (Fsp3) is 0.500. The van der Waals surface area contributed by atoms with Crippen LogP contribution < -0.4 is 15.2 Å². The fourth-order valence-electron chi connectivity index (χ4n) is 1.53. The molecule has 0 radical (unpaired) electrons. The van der Waals surface area contributed by atoms with Gasteiger partial charge in [-0.1, -0.05) is 13.8 Å². The quantitative estimate of drug-likeness (QED) is 0.598. The molecule has 0 heterocycles. The van der Waals surface area contributed by atoms with E-state index in [1.54, 1.807) is 12.1 Å².